The Morgan fingerprint density at radius 2 is 1.56 bits per heavy atom. The first-order chi connectivity index (χ1) is 22.6. The maximum atomic E-state index is 12.1. The van der Waals surface area contributed by atoms with E-state index in [1.54, 1.807) is 0 Å². The number of hydrogen-bond donors (Lipinski definition) is 7. The quantitative estimate of drug-likeness (QED) is 0.146. The first-order valence-electron chi connectivity index (χ1n) is 18.5. The summed E-state index contributed by atoms with van der Waals surface area (Å²) in [6.07, 6.45) is -44.7. The van der Waals surface area contributed by atoms with Gasteiger partial charge in [0.2, 0.25) is 5.91 Å². The largest absolute Gasteiger partial charge is 0.394 e. The zero-order valence-electron chi connectivity index (χ0n) is 34.9. The van der Waals surface area contributed by atoms with Crippen LogP contribution in [-0.2, 0) is 23.7 Å². The second-order valence-electron chi connectivity index (χ2n) is 7.21. The minimum absolute atomic E-state index is 0.865. The Hall–Kier alpha value is -0.930. The van der Waals surface area contributed by atoms with Gasteiger partial charge in [0, 0.05) is 34.0 Å². The van der Waals surface area contributed by atoms with Crippen molar-refractivity contribution < 1.29 is 77.7 Å². The zero-order valence-corrected chi connectivity index (χ0v) is 17.9. The molecule has 0 radical (unpaired) electrons. The van der Waals surface area contributed by atoms with Crippen molar-refractivity contribution in [2.75, 3.05) is 19.8 Å². The van der Waals surface area contributed by atoms with Crippen LogP contribution in [0.4, 0.5) is 0 Å². The molecule has 12 nitrogen and oxygen atoms in total. The molecule has 7 N–H and O–H groups in total. The van der Waals surface area contributed by atoms with Crippen molar-refractivity contribution in [1.29, 1.82) is 0 Å². The Bertz CT molecular complexity index is 1220. The lowest BCUT2D eigenvalue weighted by Gasteiger charge is -2.47. The summed E-state index contributed by atoms with van der Waals surface area (Å²) in [5.41, 5.74) is 0. The first kappa shape index (κ1) is 13.0. The number of hydrogen-bond acceptors (Lipinski definition) is 11. The maximum Gasteiger partial charge on any atom is 0.217 e. The Kier molecular flexibility index (Phi) is 5.59. The Balaban J connectivity index is 2.53. The molecule has 0 bridgehead atoms. The molecule has 2 fully saturated rings. The lowest BCUT2D eigenvalue weighted by Crippen LogP contribution is -2.67. The van der Waals surface area contributed by atoms with Gasteiger partial charge in [0.1, 0.15) is 48.8 Å². The van der Waals surface area contributed by atoms with Gasteiger partial charge in [-0.1, -0.05) is 38.7 Å². The molecule has 0 spiro atoms. The summed E-state index contributed by atoms with van der Waals surface area (Å²) < 4.78 is 156. The fourth-order valence-electron chi connectivity index (χ4n) is 3.30. The highest BCUT2D eigenvalue weighted by Crippen LogP contribution is 2.29. The van der Waals surface area contributed by atoms with Gasteiger partial charge in [-0.25, -0.2) is 0 Å². The first-order valence-corrected chi connectivity index (χ1v) is 10.00. The molecule has 0 aromatic heterocycles. The molecule has 10 atom stereocenters. The number of ether oxygens (including phenoxy) is 4. The predicted molar refractivity (Wildman–Crippen MR) is 117 cm³/mol. The third-order valence-corrected chi connectivity index (χ3v) is 4.90. The molecule has 2 aliphatic rings. The van der Waals surface area contributed by atoms with E-state index < -0.39 is 132 Å². The van der Waals surface area contributed by atoms with Crippen LogP contribution in [0.1, 0.15) is 75.3 Å². The molecule has 2 saturated heterocycles. The van der Waals surface area contributed by atoms with E-state index in [-0.39, 0.29) is 0 Å². The van der Waals surface area contributed by atoms with E-state index in [1.165, 1.54) is 0 Å². The van der Waals surface area contributed by atoms with Crippen LogP contribution in [0.15, 0.2) is 0 Å². The van der Waals surface area contributed by atoms with Crippen LogP contribution in [-0.4, -0.2) is 118 Å². The molecule has 0 aromatic rings. The second kappa shape index (κ2) is 14.6. The van der Waals surface area contributed by atoms with Gasteiger partial charge in [0.25, 0.3) is 0 Å². The topological polar surface area (TPSA) is 187 Å². The maximum absolute atomic E-state index is 12.1. The predicted octanol–water partition coefficient (Wildman–Crippen LogP) is -1.87. The Morgan fingerprint density at radius 1 is 0.912 bits per heavy atom. The third-order valence-electron chi connectivity index (χ3n) is 4.90. The van der Waals surface area contributed by atoms with Crippen LogP contribution in [0.2, 0.25) is 0 Å². The molecule has 200 valence electrons. The monoisotopic (exact) mass is 512 g/mol. The zero-order chi connectivity index (χ0) is 40.3. The van der Waals surface area contributed by atoms with Crippen molar-refractivity contribution >= 4 is 5.91 Å². The number of rotatable bonds is 13. The number of nitrogens with one attached hydrogen (secondary N) is 1. The van der Waals surface area contributed by atoms with Crippen molar-refractivity contribution in [3.05, 3.63) is 0 Å². The van der Waals surface area contributed by atoms with E-state index in [4.69, 9.17) is 42.3 Å². The summed E-state index contributed by atoms with van der Waals surface area (Å²) in [4.78, 5) is 12.1. The van der Waals surface area contributed by atoms with Crippen LogP contribution >= 0.6 is 0 Å². The normalized spacial score (nSPS) is 49.3. The van der Waals surface area contributed by atoms with Gasteiger partial charge >= 0.3 is 0 Å². The van der Waals surface area contributed by atoms with Gasteiger partial charge in [-0.05, 0) is 6.37 Å². The molecule has 34 heavy (non-hydrogen) atoms. The van der Waals surface area contributed by atoms with Crippen LogP contribution in [0.3, 0.4) is 0 Å². The number of aliphatic hydroxyl groups excluding tert-OH is 6. The molecule has 12 heteroatoms. The summed E-state index contributed by atoms with van der Waals surface area (Å²) in [5, 5.41) is 63.2. The fourth-order valence-corrected chi connectivity index (χ4v) is 3.30. The molecule has 2 heterocycles. The Morgan fingerprint density at radius 3 is 2.21 bits per heavy atom. The molecule has 2 rings (SSSR count). The molecule has 0 aliphatic carbocycles. The number of aliphatic hydroxyl groups is 6. The summed E-state index contributed by atoms with van der Waals surface area (Å²) in [7, 11) is 0. The standard InChI is InChI=1S/C22H41NO11/c1-3-4-5-6-7-8-9-31-21-15(23-12(2)26)17(28)20(14(11-25)33-21)34-22-19(30)18(29)16(27)13(10-24)32-22/h13-22,24-25,27-30H,3-11H2,1-2H3,(H,23,26)/t13-,14-,15-,16+,17-,18+,19-,20-,21-,22+/m1/s1/i1D3,3D2,4D2,5D2,6D2,7D2,8D2,9D2. The molecule has 0 saturated carbocycles. The van der Waals surface area contributed by atoms with E-state index >= 15 is 0 Å². The summed E-state index contributed by atoms with van der Waals surface area (Å²) in [6.45, 7) is -9.39. The van der Waals surface area contributed by atoms with Gasteiger partial charge in [-0.2, -0.15) is 0 Å². The van der Waals surface area contributed by atoms with Crippen LogP contribution < -0.4 is 5.32 Å². The second-order valence-corrected chi connectivity index (χ2v) is 7.21. The highest BCUT2D eigenvalue weighted by Gasteiger charge is 2.51. The smallest absolute Gasteiger partial charge is 0.217 e. The molecular formula is C22H41NO11. The van der Waals surface area contributed by atoms with Gasteiger partial charge in [-0.3, -0.25) is 4.79 Å². The highest BCUT2D eigenvalue weighted by atomic mass is 16.7. The van der Waals surface area contributed by atoms with Crippen LogP contribution in [0.25, 0.3) is 0 Å². The third kappa shape index (κ3) is 7.79. The molecule has 0 unspecified atom stereocenters. The van der Waals surface area contributed by atoms with E-state index in [2.05, 4.69) is 5.32 Å². The molecular weight excluding hydrogens is 454 g/mol. The van der Waals surface area contributed by atoms with E-state index in [0.717, 1.165) is 6.92 Å². The van der Waals surface area contributed by atoms with Gasteiger partial charge < -0.3 is 54.9 Å². The van der Waals surface area contributed by atoms with Gasteiger partial charge in [0.15, 0.2) is 12.6 Å². The van der Waals surface area contributed by atoms with Gasteiger partial charge in [-0.15, -0.1) is 0 Å². The lowest BCUT2D eigenvalue weighted by atomic mass is 9.95. The number of carbonyl (C=O) groups excluding carboxylic acids is 1. The summed E-state index contributed by atoms with van der Waals surface area (Å²) in [6, 6.07) is -2.05. The molecule has 1 amide bonds. The number of carbonyl (C=O) groups is 1. The van der Waals surface area contributed by atoms with Crippen LogP contribution in [0.5, 0.6) is 0 Å². The van der Waals surface area contributed by atoms with E-state index in [9.17, 15) is 35.4 Å². The number of amides is 1. The van der Waals surface area contributed by atoms with Crippen molar-refractivity contribution in [3.8, 4) is 0 Å². The molecule has 2 aliphatic heterocycles. The van der Waals surface area contributed by atoms with E-state index in [1.807, 2.05) is 0 Å². The minimum atomic E-state index is -4.62. The van der Waals surface area contributed by atoms with Crippen molar-refractivity contribution in [1.82, 2.24) is 5.32 Å². The minimum Gasteiger partial charge on any atom is -0.394 e. The van der Waals surface area contributed by atoms with Crippen molar-refractivity contribution in [2.45, 2.75) is 113 Å². The van der Waals surface area contributed by atoms with E-state index in [0.29, 0.717) is 0 Å². The molecule has 0 aromatic carbocycles. The summed E-state index contributed by atoms with van der Waals surface area (Å²) in [5.74, 6) is -1.00. The lowest BCUT2D eigenvalue weighted by molar-refractivity contribution is -0.348. The fraction of sp³-hybridized carbons (Fsp3) is 0.955. The highest BCUT2D eigenvalue weighted by molar-refractivity contribution is 5.73. The Labute approximate surface area is 223 Å². The van der Waals surface area contributed by atoms with Crippen LogP contribution in [0, 0.1) is 0 Å². The van der Waals surface area contributed by atoms with Crippen molar-refractivity contribution in [2.24, 2.45) is 0 Å². The van der Waals surface area contributed by atoms with Gasteiger partial charge in [0.05, 0.1) is 16.0 Å². The van der Waals surface area contributed by atoms with Crippen molar-refractivity contribution in [3.63, 3.8) is 0 Å². The average Bonchev–Trinajstić information content (AvgIpc) is 2.98. The average molecular weight is 513 g/mol. The SMILES string of the molecule is [2H]C([2H])([2H])C([2H])([2H])C([2H])([2H])C([2H])([2H])C([2H])([2H])C([2H])([2H])C([2H])([2H])C([2H])([2H])O[C@@H]1O[C@H](CO)[C@@H](O[C@@H]2O[C@H](CO)[C@H](O)[C@H](O)[C@H]2O)[C@H](O)[C@H]1NC(C)=O. The summed E-state index contributed by atoms with van der Waals surface area (Å²) >= 11 is 0.